The van der Waals surface area contributed by atoms with Crippen LogP contribution >= 0.6 is 11.3 Å². The average Bonchev–Trinajstić information content (AvgIpc) is 3.18. The number of para-hydroxylation sites is 1. The summed E-state index contributed by atoms with van der Waals surface area (Å²) in [6.07, 6.45) is 0.860. The van der Waals surface area contributed by atoms with Crippen molar-refractivity contribution in [1.29, 1.82) is 0 Å². The third kappa shape index (κ3) is 4.03. The number of hydrogen-bond acceptors (Lipinski definition) is 4. The van der Waals surface area contributed by atoms with Gasteiger partial charge in [-0.1, -0.05) is 31.2 Å². The number of carbonyl (C=O) groups excluding carboxylic acids is 2. The van der Waals surface area contributed by atoms with Crippen LogP contribution in [0.4, 0.5) is 0 Å². The summed E-state index contributed by atoms with van der Waals surface area (Å²) in [5.74, 6) is -0.463. The van der Waals surface area contributed by atoms with E-state index in [2.05, 4.69) is 15.6 Å². The van der Waals surface area contributed by atoms with E-state index in [1.807, 2.05) is 48.7 Å². The molecule has 0 aliphatic carbocycles. The Morgan fingerprint density at radius 2 is 1.96 bits per heavy atom. The molecule has 2 aromatic heterocycles. The number of amides is 2. The highest BCUT2D eigenvalue weighted by Gasteiger charge is 2.15. The molecular formula is C19H19N3O2S. The quantitative estimate of drug-likeness (QED) is 0.715. The lowest BCUT2D eigenvalue weighted by Crippen LogP contribution is -2.37. The first-order valence-electron chi connectivity index (χ1n) is 8.17. The van der Waals surface area contributed by atoms with Crippen LogP contribution in [0, 0.1) is 0 Å². The number of fused-ring (bicyclic) bond motifs is 1. The molecule has 1 aromatic carbocycles. The number of benzene rings is 1. The zero-order chi connectivity index (χ0) is 17.6. The Morgan fingerprint density at radius 3 is 2.72 bits per heavy atom. The average molecular weight is 353 g/mol. The highest BCUT2D eigenvalue weighted by Crippen LogP contribution is 2.27. The van der Waals surface area contributed by atoms with Crippen LogP contribution in [0.25, 0.3) is 21.5 Å². The fourth-order valence-corrected chi connectivity index (χ4v) is 3.18. The van der Waals surface area contributed by atoms with Crippen molar-refractivity contribution in [2.75, 3.05) is 13.1 Å². The van der Waals surface area contributed by atoms with E-state index >= 15 is 0 Å². The normalized spacial score (nSPS) is 10.6. The van der Waals surface area contributed by atoms with Crippen LogP contribution in [0.1, 0.15) is 23.7 Å². The number of hydrogen-bond donors (Lipinski definition) is 2. The minimum Gasteiger partial charge on any atom is -0.355 e. The van der Waals surface area contributed by atoms with Gasteiger partial charge in [-0.3, -0.25) is 9.59 Å². The molecule has 0 bridgehead atoms. The molecule has 0 spiro atoms. The van der Waals surface area contributed by atoms with Gasteiger partial charge in [0.1, 0.15) is 0 Å². The summed E-state index contributed by atoms with van der Waals surface area (Å²) in [6.45, 7) is 2.55. The molecule has 5 nitrogen and oxygen atoms in total. The summed E-state index contributed by atoms with van der Waals surface area (Å²) < 4.78 is 0. The number of nitrogens with zero attached hydrogens (tertiary/aromatic N) is 1. The Morgan fingerprint density at radius 1 is 1.12 bits per heavy atom. The molecular weight excluding hydrogens is 334 g/mol. The molecule has 0 aliphatic heterocycles. The van der Waals surface area contributed by atoms with Crippen molar-refractivity contribution in [2.24, 2.45) is 0 Å². The largest absolute Gasteiger partial charge is 0.355 e. The monoisotopic (exact) mass is 353 g/mol. The van der Waals surface area contributed by atoms with Gasteiger partial charge in [0, 0.05) is 11.9 Å². The Labute approximate surface area is 150 Å². The molecule has 2 N–H and O–H groups in total. The fourth-order valence-electron chi connectivity index (χ4n) is 2.50. The van der Waals surface area contributed by atoms with Gasteiger partial charge in [-0.15, -0.1) is 11.3 Å². The Hall–Kier alpha value is -2.73. The van der Waals surface area contributed by atoms with Gasteiger partial charge < -0.3 is 10.6 Å². The van der Waals surface area contributed by atoms with Gasteiger partial charge in [-0.2, -0.15) is 0 Å². The third-order valence-electron chi connectivity index (χ3n) is 3.72. The molecule has 25 heavy (non-hydrogen) atoms. The molecule has 0 atom stereocenters. The molecule has 0 fully saturated rings. The lowest BCUT2D eigenvalue weighted by Gasteiger charge is -2.10. The highest BCUT2D eigenvalue weighted by molar-refractivity contribution is 7.13. The highest BCUT2D eigenvalue weighted by atomic mass is 32.1. The lowest BCUT2D eigenvalue weighted by molar-refractivity contribution is -0.120. The van der Waals surface area contributed by atoms with Crippen molar-refractivity contribution in [1.82, 2.24) is 15.6 Å². The predicted octanol–water partition coefficient (Wildman–Crippen LogP) is 3.22. The van der Waals surface area contributed by atoms with Crippen LogP contribution in [0.3, 0.4) is 0 Å². The van der Waals surface area contributed by atoms with Crippen molar-refractivity contribution >= 4 is 34.1 Å². The maximum Gasteiger partial charge on any atom is 0.252 e. The van der Waals surface area contributed by atoms with Gasteiger partial charge in [0.25, 0.3) is 5.91 Å². The van der Waals surface area contributed by atoms with Crippen LogP contribution in [-0.4, -0.2) is 29.9 Å². The SMILES string of the molecule is CCCNC(=O)CNC(=O)c1cc(-c2cccs2)nc2ccccc12. The molecule has 3 aromatic rings. The number of rotatable bonds is 6. The molecule has 0 aliphatic rings. The van der Waals surface area contributed by atoms with E-state index < -0.39 is 0 Å². The second-order valence-corrected chi connectivity index (χ2v) is 6.53. The van der Waals surface area contributed by atoms with E-state index in [9.17, 15) is 9.59 Å². The molecule has 128 valence electrons. The third-order valence-corrected chi connectivity index (χ3v) is 4.61. The molecule has 0 saturated carbocycles. The lowest BCUT2D eigenvalue weighted by atomic mass is 10.1. The number of aromatic nitrogens is 1. The standard InChI is InChI=1S/C19H19N3O2S/c1-2-9-20-18(23)12-21-19(24)14-11-16(17-8-5-10-25-17)22-15-7-4-3-6-13(14)15/h3-8,10-11H,2,9,12H2,1H3,(H,20,23)(H,21,24). The van der Waals surface area contributed by atoms with Gasteiger partial charge in [0.2, 0.25) is 5.91 Å². The molecule has 0 radical (unpaired) electrons. The zero-order valence-electron chi connectivity index (χ0n) is 13.9. The minimum absolute atomic E-state index is 0.0379. The first kappa shape index (κ1) is 17.1. The maximum atomic E-state index is 12.6. The van der Waals surface area contributed by atoms with Gasteiger partial charge >= 0.3 is 0 Å². The Bertz CT molecular complexity index is 891. The number of nitrogens with one attached hydrogen (secondary N) is 2. The molecule has 0 unspecified atom stereocenters. The summed E-state index contributed by atoms with van der Waals surface area (Å²) in [6, 6.07) is 13.2. The van der Waals surface area contributed by atoms with Crippen molar-refractivity contribution in [2.45, 2.75) is 13.3 Å². The Balaban J connectivity index is 1.89. The molecule has 3 rings (SSSR count). The van der Waals surface area contributed by atoms with Crippen molar-refractivity contribution in [3.05, 3.63) is 53.4 Å². The van der Waals surface area contributed by atoms with Crippen LogP contribution in [0.15, 0.2) is 47.8 Å². The topological polar surface area (TPSA) is 71.1 Å². The zero-order valence-corrected chi connectivity index (χ0v) is 14.7. The van der Waals surface area contributed by atoms with E-state index in [-0.39, 0.29) is 18.4 Å². The summed E-state index contributed by atoms with van der Waals surface area (Å²) in [5, 5.41) is 8.19. The number of pyridine rings is 1. The van der Waals surface area contributed by atoms with Crippen molar-refractivity contribution in [3.8, 4) is 10.6 Å². The van der Waals surface area contributed by atoms with Gasteiger partial charge in [-0.25, -0.2) is 4.98 Å². The van der Waals surface area contributed by atoms with Crippen LogP contribution in [-0.2, 0) is 4.79 Å². The van der Waals surface area contributed by atoms with Crippen molar-refractivity contribution in [3.63, 3.8) is 0 Å². The molecule has 6 heteroatoms. The fraction of sp³-hybridized carbons (Fsp3) is 0.211. The van der Waals surface area contributed by atoms with Crippen LogP contribution in [0.2, 0.25) is 0 Å². The second-order valence-electron chi connectivity index (χ2n) is 5.58. The summed E-state index contributed by atoms with van der Waals surface area (Å²) in [7, 11) is 0. The van der Waals surface area contributed by atoms with Crippen LogP contribution in [0.5, 0.6) is 0 Å². The van der Waals surface area contributed by atoms with Gasteiger partial charge in [0.15, 0.2) is 0 Å². The van der Waals surface area contributed by atoms with E-state index in [1.165, 1.54) is 0 Å². The smallest absolute Gasteiger partial charge is 0.252 e. The minimum atomic E-state index is -0.275. The van der Waals surface area contributed by atoms with Crippen molar-refractivity contribution < 1.29 is 9.59 Å². The predicted molar refractivity (Wildman–Crippen MR) is 101 cm³/mol. The van der Waals surface area contributed by atoms with Gasteiger partial charge in [0.05, 0.1) is 28.2 Å². The van der Waals surface area contributed by atoms with E-state index in [1.54, 1.807) is 17.4 Å². The summed E-state index contributed by atoms with van der Waals surface area (Å²) in [4.78, 5) is 30.0. The van der Waals surface area contributed by atoms with E-state index in [0.29, 0.717) is 12.1 Å². The maximum absolute atomic E-state index is 12.6. The van der Waals surface area contributed by atoms with Gasteiger partial charge in [-0.05, 0) is 30.0 Å². The summed E-state index contributed by atoms with van der Waals surface area (Å²) in [5.41, 5.74) is 2.04. The first-order chi connectivity index (χ1) is 12.2. The number of carbonyl (C=O) groups is 2. The summed E-state index contributed by atoms with van der Waals surface area (Å²) >= 11 is 1.57. The van der Waals surface area contributed by atoms with E-state index in [4.69, 9.17) is 0 Å². The second kappa shape index (κ2) is 7.90. The Kier molecular flexibility index (Phi) is 5.40. The molecule has 2 heterocycles. The first-order valence-corrected chi connectivity index (χ1v) is 9.05. The number of thiophene rings is 1. The van der Waals surface area contributed by atoms with Crippen LogP contribution < -0.4 is 10.6 Å². The van der Waals surface area contributed by atoms with E-state index in [0.717, 1.165) is 27.9 Å². The molecule has 0 saturated heterocycles. The molecule has 2 amide bonds.